The molecule has 2 amide bonds. The number of cyclic esters (lactones) is 1. The molecule has 2 heterocycles. The largest absolute Gasteiger partial charge is 0.493 e. The molecule has 35 heavy (non-hydrogen) atoms. The lowest BCUT2D eigenvalue weighted by molar-refractivity contribution is 0.102. The van der Waals surface area contributed by atoms with Gasteiger partial charge < -0.3 is 19.5 Å². The molecule has 1 N–H and O–H groups in total. The number of nitrogens with zero attached hydrogens (tertiary/aromatic N) is 4. The minimum Gasteiger partial charge on any atom is -0.493 e. The Labute approximate surface area is 206 Å². The van der Waals surface area contributed by atoms with E-state index in [9.17, 15) is 9.59 Å². The first-order valence-corrected chi connectivity index (χ1v) is 11.0. The highest BCUT2D eigenvalue weighted by Gasteiger charge is 2.23. The predicted molar refractivity (Wildman–Crippen MR) is 129 cm³/mol. The van der Waals surface area contributed by atoms with Crippen molar-refractivity contribution in [2.45, 2.75) is 6.42 Å². The molecule has 0 spiro atoms. The molecule has 0 aliphatic carbocycles. The van der Waals surface area contributed by atoms with Crippen LogP contribution in [0.4, 0.5) is 10.5 Å². The molecule has 0 radical (unpaired) electrons. The number of aromatic nitrogens is 2. The van der Waals surface area contributed by atoms with Crippen LogP contribution in [0.15, 0.2) is 59.7 Å². The molecule has 0 fully saturated rings. The van der Waals surface area contributed by atoms with Crippen molar-refractivity contribution >= 4 is 35.0 Å². The Hall–Kier alpha value is -4.18. The molecule has 1 aliphatic heterocycles. The quantitative estimate of drug-likeness (QED) is 0.505. The lowest BCUT2D eigenvalue weighted by Crippen LogP contribution is -2.36. The summed E-state index contributed by atoms with van der Waals surface area (Å²) in [6, 6.07) is 15.6. The number of nitrogens with one attached hydrogen (secondary N) is 1. The Balaban J connectivity index is 1.38. The van der Waals surface area contributed by atoms with Gasteiger partial charge in [0.25, 0.3) is 5.91 Å². The molecular formula is C24H22ClN5O5. The minimum absolute atomic E-state index is 0.0667. The van der Waals surface area contributed by atoms with Gasteiger partial charge in [-0.05, 0) is 54.4 Å². The smallest absolute Gasteiger partial charge is 0.430 e. The van der Waals surface area contributed by atoms with E-state index in [4.69, 9.17) is 25.8 Å². The molecule has 0 bridgehead atoms. The van der Waals surface area contributed by atoms with Gasteiger partial charge in [-0.2, -0.15) is 10.1 Å². The fourth-order valence-electron chi connectivity index (χ4n) is 3.34. The number of halogens is 1. The van der Waals surface area contributed by atoms with Gasteiger partial charge in [-0.25, -0.2) is 4.79 Å². The van der Waals surface area contributed by atoms with Crippen molar-refractivity contribution in [3.63, 3.8) is 0 Å². The second kappa shape index (κ2) is 10.8. The van der Waals surface area contributed by atoms with Gasteiger partial charge in [0.05, 0.1) is 20.8 Å². The van der Waals surface area contributed by atoms with Crippen LogP contribution in [0.2, 0.25) is 5.15 Å². The van der Waals surface area contributed by atoms with Gasteiger partial charge >= 0.3 is 6.09 Å². The van der Waals surface area contributed by atoms with Gasteiger partial charge in [-0.3, -0.25) is 4.79 Å². The molecule has 0 saturated heterocycles. The standard InChI is InChI=1S/C24H22ClN5O5/c1-33-20-9-5-16(13-21(20)34-2)19-14-35-24(32)30(29-19)12-11-15-3-6-17(7-4-15)26-23(31)18-8-10-22(25)28-27-18/h3-10,13H,11-12,14H2,1-2H3,(H,26,31). The number of methoxy groups -OCH3 is 2. The van der Waals surface area contributed by atoms with Crippen LogP contribution in [-0.4, -0.2) is 60.3 Å². The number of anilines is 1. The van der Waals surface area contributed by atoms with Crippen molar-refractivity contribution in [1.29, 1.82) is 0 Å². The summed E-state index contributed by atoms with van der Waals surface area (Å²) < 4.78 is 15.9. The summed E-state index contributed by atoms with van der Waals surface area (Å²) in [5, 5.41) is 16.2. The van der Waals surface area contributed by atoms with Gasteiger partial charge in [0, 0.05) is 11.3 Å². The van der Waals surface area contributed by atoms with E-state index in [0.29, 0.717) is 35.9 Å². The lowest BCUT2D eigenvalue weighted by Gasteiger charge is -2.24. The number of hydrazone groups is 1. The van der Waals surface area contributed by atoms with E-state index in [1.165, 1.54) is 17.1 Å². The summed E-state index contributed by atoms with van der Waals surface area (Å²) in [4.78, 5) is 24.5. The number of rotatable bonds is 8. The minimum atomic E-state index is -0.512. The van der Waals surface area contributed by atoms with E-state index in [2.05, 4.69) is 20.6 Å². The van der Waals surface area contributed by atoms with E-state index in [0.717, 1.165) is 11.1 Å². The van der Waals surface area contributed by atoms with Gasteiger partial charge in [0.15, 0.2) is 22.3 Å². The van der Waals surface area contributed by atoms with Crippen LogP contribution in [0.5, 0.6) is 11.5 Å². The molecule has 1 aliphatic rings. The van der Waals surface area contributed by atoms with E-state index in [-0.39, 0.29) is 17.5 Å². The maximum absolute atomic E-state index is 12.3. The number of amides is 2. The Kier molecular flexibility index (Phi) is 7.41. The highest BCUT2D eigenvalue weighted by molar-refractivity contribution is 6.29. The second-order valence-electron chi connectivity index (χ2n) is 7.44. The van der Waals surface area contributed by atoms with Gasteiger partial charge in [-0.1, -0.05) is 23.7 Å². The fraction of sp³-hybridized carbons (Fsp3) is 0.208. The van der Waals surface area contributed by atoms with E-state index < -0.39 is 12.0 Å². The third-order valence-corrected chi connectivity index (χ3v) is 5.39. The first kappa shape index (κ1) is 24.0. The van der Waals surface area contributed by atoms with E-state index in [1.807, 2.05) is 18.2 Å². The molecule has 10 nitrogen and oxygen atoms in total. The summed E-state index contributed by atoms with van der Waals surface area (Å²) in [6.45, 7) is 0.388. The summed E-state index contributed by atoms with van der Waals surface area (Å²) in [5.74, 6) is 0.767. The number of hydrogen-bond donors (Lipinski definition) is 1. The molecule has 2 aromatic carbocycles. The third kappa shape index (κ3) is 5.85. The SMILES string of the molecule is COc1ccc(C2=NN(CCc3ccc(NC(=O)c4ccc(Cl)nn4)cc3)C(=O)OC2)cc1OC. The molecule has 180 valence electrons. The van der Waals surface area contributed by atoms with Crippen molar-refractivity contribution in [2.75, 3.05) is 32.7 Å². The highest BCUT2D eigenvalue weighted by Crippen LogP contribution is 2.28. The Morgan fingerprint density at radius 1 is 1.06 bits per heavy atom. The van der Waals surface area contributed by atoms with Gasteiger partial charge in [-0.15, -0.1) is 10.2 Å². The number of carbonyl (C=O) groups is 2. The Morgan fingerprint density at radius 3 is 2.51 bits per heavy atom. The van der Waals surface area contributed by atoms with E-state index in [1.54, 1.807) is 38.5 Å². The van der Waals surface area contributed by atoms with Crippen molar-refractivity contribution in [3.05, 3.63) is 76.6 Å². The molecule has 0 atom stereocenters. The number of carbonyl (C=O) groups excluding carboxylic acids is 2. The lowest BCUT2D eigenvalue weighted by atomic mass is 10.1. The molecular weight excluding hydrogens is 474 g/mol. The average molecular weight is 496 g/mol. The monoisotopic (exact) mass is 495 g/mol. The van der Waals surface area contributed by atoms with Crippen LogP contribution in [0.25, 0.3) is 0 Å². The summed E-state index contributed by atoms with van der Waals surface area (Å²) >= 11 is 5.70. The summed E-state index contributed by atoms with van der Waals surface area (Å²) in [7, 11) is 3.12. The van der Waals surface area contributed by atoms with Crippen molar-refractivity contribution in [1.82, 2.24) is 15.2 Å². The van der Waals surface area contributed by atoms with Crippen LogP contribution >= 0.6 is 11.6 Å². The van der Waals surface area contributed by atoms with Crippen LogP contribution in [0.3, 0.4) is 0 Å². The number of ether oxygens (including phenoxy) is 3. The zero-order valence-electron chi connectivity index (χ0n) is 19.0. The number of benzene rings is 2. The number of hydrogen-bond acceptors (Lipinski definition) is 8. The van der Waals surface area contributed by atoms with E-state index >= 15 is 0 Å². The topological polar surface area (TPSA) is 115 Å². The first-order valence-electron chi connectivity index (χ1n) is 10.6. The van der Waals surface area contributed by atoms with Crippen molar-refractivity contribution in [2.24, 2.45) is 5.10 Å². The zero-order valence-corrected chi connectivity index (χ0v) is 19.8. The van der Waals surface area contributed by atoms with Crippen LogP contribution in [-0.2, 0) is 11.2 Å². The zero-order chi connectivity index (χ0) is 24.8. The fourth-order valence-corrected chi connectivity index (χ4v) is 3.44. The second-order valence-corrected chi connectivity index (χ2v) is 7.82. The average Bonchev–Trinajstić information content (AvgIpc) is 2.89. The molecule has 11 heteroatoms. The highest BCUT2D eigenvalue weighted by atomic mass is 35.5. The van der Waals surface area contributed by atoms with Crippen molar-refractivity contribution < 1.29 is 23.8 Å². The molecule has 0 unspecified atom stereocenters. The predicted octanol–water partition coefficient (Wildman–Crippen LogP) is 3.80. The molecule has 1 aromatic heterocycles. The Morgan fingerprint density at radius 2 is 1.83 bits per heavy atom. The van der Waals surface area contributed by atoms with Gasteiger partial charge in [0.1, 0.15) is 12.3 Å². The normalized spacial score (nSPS) is 13.1. The molecule has 3 aromatic rings. The van der Waals surface area contributed by atoms with Gasteiger partial charge in [0.2, 0.25) is 0 Å². The Bertz CT molecular complexity index is 1250. The maximum Gasteiger partial charge on any atom is 0.430 e. The summed E-state index contributed by atoms with van der Waals surface area (Å²) in [6.07, 6.45) is 0.0245. The van der Waals surface area contributed by atoms with Crippen molar-refractivity contribution in [3.8, 4) is 11.5 Å². The van der Waals surface area contributed by atoms with Crippen LogP contribution in [0, 0.1) is 0 Å². The first-order chi connectivity index (χ1) is 17.0. The third-order valence-electron chi connectivity index (χ3n) is 5.19. The maximum atomic E-state index is 12.3. The van der Waals surface area contributed by atoms with Crippen LogP contribution < -0.4 is 14.8 Å². The summed E-state index contributed by atoms with van der Waals surface area (Å²) in [5.41, 5.74) is 3.09. The molecule has 4 rings (SSSR count). The van der Waals surface area contributed by atoms with Crippen LogP contribution in [0.1, 0.15) is 21.6 Å². The molecule has 0 saturated carbocycles.